The van der Waals surface area contributed by atoms with Gasteiger partial charge in [-0.2, -0.15) is 0 Å². The average Bonchev–Trinajstić information content (AvgIpc) is 3.30. The van der Waals surface area contributed by atoms with Crippen LogP contribution in [0.3, 0.4) is 0 Å². The van der Waals surface area contributed by atoms with Crippen molar-refractivity contribution >= 4 is 28.5 Å². The monoisotopic (exact) mass is 461 g/mol. The van der Waals surface area contributed by atoms with Crippen LogP contribution in [0.4, 0.5) is 5.13 Å². The van der Waals surface area contributed by atoms with E-state index in [2.05, 4.69) is 77.9 Å². The van der Waals surface area contributed by atoms with E-state index in [1.165, 1.54) is 67.4 Å². The molecule has 0 bridgehead atoms. The van der Waals surface area contributed by atoms with E-state index in [-0.39, 0.29) is 5.91 Å². The molecule has 0 spiro atoms. The summed E-state index contributed by atoms with van der Waals surface area (Å²) in [4.78, 5) is 12.3. The minimum Gasteiger partial charge on any atom is -0.297 e. The fourth-order valence-corrected chi connectivity index (χ4v) is 4.38. The predicted molar refractivity (Wildman–Crippen MR) is 141 cm³/mol. The first kappa shape index (κ1) is 24.8. The van der Waals surface area contributed by atoms with Crippen molar-refractivity contribution in [1.29, 1.82) is 0 Å². The first-order valence-electron chi connectivity index (χ1n) is 12.2. The van der Waals surface area contributed by atoms with Gasteiger partial charge in [-0.15, -0.1) is 10.2 Å². The third-order valence-electron chi connectivity index (χ3n) is 5.65. The van der Waals surface area contributed by atoms with E-state index in [0.717, 1.165) is 29.0 Å². The Morgan fingerprint density at radius 3 is 2.15 bits per heavy atom. The molecule has 0 atom stereocenters. The molecule has 5 heteroatoms. The number of hydrogen-bond donors (Lipinski definition) is 1. The van der Waals surface area contributed by atoms with Gasteiger partial charge >= 0.3 is 0 Å². The van der Waals surface area contributed by atoms with E-state index < -0.39 is 0 Å². The number of anilines is 1. The number of carbonyl (C=O) groups is 1. The van der Waals surface area contributed by atoms with Gasteiger partial charge in [0.1, 0.15) is 5.01 Å². The fourth-order valence-electron chi connectivity index (χ4n) is 3.63. The first-order chi connectivity index (χ1) is 16.2. The van der Waals surface area contributed by atoms with Crippen LogP contribution >= 0.6 is 11.3 Å². The van der Waals surface area contributed by atoms with Gasteiger partial charge < -0.3 is 0 Å². The number of nitrogens with one attached hydrogen (secondary N) is 1. The van der Waals surface area contributed by atoms with Crippen LogP contribution in [0.5, 0.6) is 0 Å². The summed E-state index contributed by atoms with van der Waals surface area (Å²) in [5.74, 6) is -0.201. The quantitative estimate of drug-likeness (QED) is 0.209. The average molecular weight is 462 g/mol. The van der Waals surface area contributed by atoms with Crippen molar-refractivity contribution in [3.8, 4) is 10.6 Å². The molecule has 0 unspecified atom stereocenters. The second kappa shape index (κ2) is 13.7. The third-order valence-corrected chi connectivity index (χ3v) is 6.54. The Bertz CT molecular complexity index is 1010. The molecule has 4 nitrogen and oxygen atoms in total. The van der Waals surface area contributed by atoms with E-state index in [0.29, 0.717) is 5.13 Å². The molecule has 2 aromatic carbocycles. The number of amides is 1. The van der Waals surface area contributed by atoms with Crippen LogP contribution in [-0.2, 0) is 17.6 Å². The Kier molecular flexibility index (Phi) is 10.3. The highest BCUT2D eigenvalue weighted by Gasteiger charge is 2.08. The van der Waals surface area contributed by atoms with Gasteiger partial charge in [0.15, 0.2) is 0 Å². The minimum atomic E-state index is -0.201. The normalized spacial score (nSPS) is 11.2. The fraction of sp³-hybridized carbons (Fsp3) is 0.393. The Hall–Kier alpha value is -2.79. The van der Waals surface area contributed by atoms with Crippen molar-refractivity contribution < 1.29 is 4.79 Å². The van der Waals surface area contributed by atoms with Crippen LogP contribution in [0.25, 0.3) is 16.6 Å². The van der Waals surface area contributed by atoms with E-state index in [9.17, 15) is 4.79 Å². The molecule has 1 amide bonds. The van der Waals surface area contributed by atoms with Gasteiger partial charge in [-0.25, -0.2) is 0 Å². The molecule has 33 heavy (non-hydrogen) atoms. The lowest BCUT2D eigenvalue weighted by Gasteiger charge is -2.02. The number of unbranched alkanes of at least 4 members (excludes halogenated alkanes) is 5. The standard InChI is InChI=1S/C28H35N3OS/c1-3-5-7-8-9-11-23-12-14-24(15-13-23)18-21-26(32)29-28-31-30-27(33-28)25-19-16-22(17-20-25)10-6-4-2/h12-21H,3-11H2,1-2H3,(H,29,31,32)/b21-18-. The van der Waals surface area contributed by atoms with Crippen molar-refractivity contribution in [2.24, 2.45) is 0 Å². The van der Waals surface area contributed by atoms with Gasteiger partial charge in [0, 0.05) is 11.6 Å². The van der Waals surface area contributed by atoms with Crippen LogP contribution in [0, 0.1) is 0 Å². The Morgan fingerprint density at radius 1 is 0.818 bits per heavy atom. The molecule has 0 radical (unpaired) electrons. The van der Waals surface area contributed by atoms with Crippen molar-refractivity contribution in [3.05, 3.63) is 71.3 Å². The topological polar surface area (TPSA) is 54.9 Å². The lowest BCUT2D eigenvalue weighted by molar-refractivity contribution is -0.111. The van der Waals surface area contributed by atoms with Crippen LogP contribution in [0.2, 0.25) is 0 Å². The second-order valence-electron chi connectivity index (χ2n) is 8.44. The zero-order valence-corrected chi connectivity index (χ0v) is 20.7. The molecule has 174 valence electrons. The molecular weight excluding hydrogens is 426 g/mol. The van der Waals surface area contributed by atoms with Crippen LogP contribution in [0.1, 0.15) is 75.5 Å². The van der Waals surface area contributed by atoms with Crippen molar-refractivity contribution in [3.63, 3.8) is 0 Å². The largest absolute Gasteiger partial charge is 0.297 e. The Labute approximate surface area is 202 Å². The minimum absolute atomic E-state index is 0.201. The summed E-state index contributed by atoms with van der Waals surface area (Å²) >= 11 is 1.39. The number of benzene rings is 2. The van der Waals surface area contributed by atoms with E-state index in [1.807, 2.05) is 6.08 Å². The second-order valence-corrected chi connectivity index (χ2v) is 9.42. The summed E-state index contributed by atoms with van der Waals surface area (Å²) in [7, 11) is 0. The maximum absolute atomic E-state index is 12.3. The highest BCUT2D eigenvalue weighted by Crippen LogP contribution is 2.26. The van der Waals surface area contributed by atoms with Gasteiger partial charge in [-0.05, 0) is 48.4 Å². The highest BCUT2D eigenvalue weighted by atomic mass is 32.1. The number of rotatable bonds is 13. The summed E-state index contributed by atoms with van der Waals surface area (Å²) in [6.45, 7) is 4.44. The maximum atomic E-state index is 12.3. The zero-order valence-electron chi connectivity index (χ0n) is 19.8. The van der Waals surface area contributed by atoms with Gasteiger partial charge in [0.2, 0.25) is 11.0 Å². The molecule has 0 aliphatic rings. The van der Waals surface area contributed by atoms with E-state index in [1.54, 1.807) is 6.08 Å². The summed E-state index contributed by atoms with van der Waals surface area (Å²) < 4.78 is 0. The van der Waals surface area contributed by atoms with Crippen molar-refractivity contribution in [2.45, 2.75) is 71.6 Å². The molecule has 1 N–H and O–H groups in total. The van der Waals surface area contributed by atoms with E-state index >= 15 is 0 Å². The summed E-state index contributed by atoms with van der Waals surface area (Å²) in [5.41, 5.74) is 4.73. The van der Waals surface area contributed by atoms with E-state index in [4.69, 9.17) is 0 Å². The van der Waals surface area contributed by atoms with Gasteiger partial charge in [-0.3, -0.25) is 10.1 Å². The van der Waals surface area contributed by atoms with Crippen LogP contribution in [0.15, 0.2) is 54.6 Å². The molecule has 0 saturated carbocycles. The van der Waals surface area contributed by atoms with Gasteiger partial charge in [-0.1, -0.05) is 106 Å². The summed E-state index contributed by atoms with van der Waals surface area (Å²) in [6.07, 6.45) is 14.5. The molecule has 0 aliphatic heterocycles. The Morgan fingerprint density at radius 2 is 1.45 bits per heavy atom. The number of aryl methyl sites for hydroxylation is 2. The van der Waals surface area contributed by atoms with Crippen LogP contribution < -0.4 is 5.32 Å². The molecule has 3 aromatic rings. The summed E-state index contributed by atoms with van der Waals surface area (Å²) in [5, 5.41) is 12.5. The molecule has 0 aliphatic carbocycles. The lowest BCUT2D eigenvalue weighted by atomic mass is 10.0. The third kappa shape index (κ3) is 8.58. The maximum Gasteiger partial charge on any atom is 0.250 e. The predicted octanol–water partition coefficient (Wildman–Crippen LogP) is 7.71. The highest BCUT2D eigenvalue weighted by molar-refractivity contribution is 7.18. The number of carbonyl (C=O) groups excluding carboxylic acids is 1. The number of hydrogen-bond acceptors (Lipinski definition) is 4. The zero-order chi connectivity index (χ0) is 23.3. The first-order valence-corrected chi connectivity index (χ1v) is 13.0. The molecule has 0 saturated heterocycles. The SMILES string of the molecule is CCCCCCCc1ccc(/C=C\C(=O)Nc2nnc(-c3ccc(CCCC)cc3)s2)cc1. The smallest absolute Gasteiger partial charge is 0.250 e. The molecule has 1 aromatic heterocycles. The van der Waals surface area contributed by atoms with Gasteiger partial charge in [0.05, 0.1) is 0 Å². The molecular formula is C28H35N3OS. The number of aromatic nitrogens is 2. The summed E-state index contributed by atoms with van der Waals surface area (Å²) in [6, 6.07) is 16.9. The van der Waals surface area contributed by atoms with Crippen molar-refractivity contribution in [2.75, 3.05) is 5.32 Å². The van der Waals surface area contributed by atoms with Crippen molar-refractivity contribution in [1.82, 2.24) is 10.2 Å². The molecule has 0 fully saturated rings. The molecule has 3 rings (SSSR count). The number of nitrogens with zero attached hydrogens (tertiary/aromatic N) is 2. The van der Waals surface area contributed by atoms with Gasteiger partial charge in [0.25, 0.3) is 0 Å². The Balaban J connectivity index is 1.47. The lowest BCUT2D eigenvalue weighted by Crippen LogP contribution is -2.07. The van der Waals surface area contributed by atoms with Crippen LogP contribution in [-0.4, -0.2) is 16.1 Å². The molecule has 1 heterocycles.